The number of fused-ring (bicyclic) bond motifs is 1. The van der Waals surface area contributed by atoms with Gasteiger partial charge in [0.25, 0.3) is 0 Å². The highest BCUT2D eigenvalue weighted by molar-refractivity contribution is 5.95. The number of nitrogens with zero attached hydrogens (tertiary/aromatic N) is 2. The monoisotopic (exact) mass is 412 g/mol. The van der Waals surface area contributed by atoms with E-state index in [0.29, 0.717) is 22.3 Å². The van der Waals surface area contributed by atoms with Crippen LogP contribution < -0.4 is 15.3 Å². The largest absolute Gasteiger partial charge is 0.422 e. The summed E-state index contributed by atoms with van der Waals surface area (Å²) in [6.45, 7) is 0. The van der Waals surface area contributed by atoms with Crippen molar-refractivity contribution in [3.8, 4) is 5.75 Å². The molecule has 6 nitrogen and oxygen atoms in total. The van der Waals surface area contributed by atoms with Crippen LogP contribution in [0.15, 0.2) is 93.1 Å². The molecular formula is C25H20N2O4. The third-order valence-electron chi connectivity index (χ3n) is 4.70. The van der Waals surface area contributed by atoms with Crippen LogP contribution in [-0.2, 0) is 0 Å². The number of carbonyl (C=O) groups is 1. The van der Waals surface area contributed by atoms with Crippen molar-refractivity contribution in [2.24, 2.45) is 4.99 Å². The Hall–Kier alpha value is -4.19. The SMILES string of the molecule is CN(C)c1ccc(N=Cc2ccccc2OC(=O)c2cc3ccccc3oc2=O)cc1. The van der Waals surface area contributed by atoms with Gasteiger partial charge in [0.15, 0.2) is 0 Å². The molecule has 0 radical (unpaired) electrons. The molecule has 0 aliphatic heterocycles. The molecule has 31 heavy (non-hydrogen) atoms. The average Bonchev–Trinajstić information content (AvgIpc) is 2.78. The lowest BCUT2D eigenvalue weighted by molar-refractivity contribution is 0.0730. The molecule has 0 spiro atoms. The Morgan fingerprint density at radius 1 is 0.968 bits per heavy atom. The van der Waals surface area contributed by atoms with Gasteiger partial charge in [-0.25, -0.2) is 9.59 Å². The molecule has 0 aliphatic carbocycles. The molecule has 6 heteroatoms. The maximum atomic E-state index is 12.7. The quantitative estimate of drug-likeness (QED) is 0.203. The zero-order valence-electron chi connectivity index (χ0n) is 17.1. The Morgan fingerprint density at radius 2 is 1.68 bits per heavy atom. The molecule has 0 saturated carbocycles. The second-order valence-electron chi connectivity index (χ2n) is 7.08. The van der Waals surface area contributed by atoms with Crippen LogP contribution in [0.1, 0.15) is 15.9 Å². The molecule has 4 aromatic rings. The number of carbonyl (C=O) groups excluding carboxylic acids is 1. The van der Waals surface area contributed by atoms with Crippen LogP contribution >= 0.6 is 0 Å². The maximum absolute atomic E-state index is 12.7. The van der Waals surface area contributed by atoms with Crippen LogP contribution in [-0.4, -0.2) is 26.3 Å². The molecule has 0 fully saturated rings. The fourth-order valence-corrected chi connectivity index (χ4v) is 3.02. The summed E-state index contributed by atoms with van der Waals surface area (Å²) < 4.78 is 10.7. The molecule has 1 aromatic heterocycles. The van der Waals surface area contributed by atoms with Crippen molar-refractivity contribution >= 4 is 34.5 Å². The van der Waals surface area contributed by atoms with Gasteiger partial charge in [0.1, 0.15) is 16.9 Å². The van der Waals surface area contributed by atoms with E-state index in [4.69, 9.17) is 9.15 Å². The Bertz CT molecular complexity index is 1320. The van der Waals surface area contributed by atoms with E-state index < -0.39 is 11.6 Å². The molecule has 1 heterocycles. The van der Waals surface area contributed by atoms with Gasteiger partial charge < -0.3 is 14.1 Å². The van der Waals surface area contributed by atoms with Crippen LogP contribution in [0.4, 0.5) is 11.4 Å². The minimum absolute atomic E-state index is 0.162. The molecule has 3 aromatic carbocycles. The number of para-hydroxylation sites is 2. The standard InChI is InChI=1S/C25H20N2O4/c1-27(2)20-13-11-19(12-14-20)26-16-18-8-4-6-10-23(18)31-25(29)21-15-17-7-3-5-9-22(17)30-24(21)28/h3-16H,1-2H3. The lowest BCUT2D eigenvalue weighted by Gasteiger charge is -2.11. The molecule has 4 rings (SSSR count). The summed E-state index contributed by atoms with van der Waals surface area (Å²) >= 11 is 0. The first kappa shape index (κ1) is 20.1. The number of ether oxygens (including phenoxy) is 1. The van der Waals surface area contributed by atoms with Gasteiger partial charge >= 0.3 is 11.6 Å². The predicted molar refractivity (Wildman–Crippen MR) is 122 cm³/mol. The fourth-order valence-electron chi connectivity index (χ4n) is 3.02. The lowest BCUT2D eigenvalue weighted by Crippen LogP contribution is -2.19. The first-order chi connectivity index (χ1) is 15.0. The molecule has 0 N–H and O–H groups in total. The highest BCUT2D eigenvalue weighted by Gasteiger charge is 2.17. The summed E-state index contributed by atoms with van der Waals surface area (Å²) in [6, 6.07) is 23.2. The van der Waals surface area contributed by atoms with Crippen LogP contribution in [0.5, 0.6) is 5.75 Å². The summed E-state index contributed by atoms with van der Waals surface area (Å²) in [5.41, 5.74) is 1.96. The van der Waals surface area contributed by atoms with Crippen molar-refractivity contribution in [2.45, 2.75) is 0 Å². The summed E-state index contributed by atoms with van der Waals surface area (Å²) in [5, 5.41) is 0.644. The summed E-state index contributed by atoms with van der Waals surface area (Å²) in [7, 11) is 3.94. The number of benzene rings is 3. The van der Waals surface area contributed by atoms with Gasteiger partial charge in [-0.1, -0.05) is 30.3 Å². The Labute approximate surface area is 179 Å². The van der Waals surface area contributed by atoms with E-state index in [2.05, 4.69) is 4.99 Å². The van der Waals surface area contributed by atoms with Crippen LogP contribution in [0.3, 0.4) is 0 Å². The van der Waals surface area contributed by atoms with E-state index in [1.54, 1.807) is 48.7 Å². The number of esters is 1. The van der Waals surface area contributed by atoms with Gasteiger partial charge in [0.05, 0.1) is 5.69 Å². The van der Waals surface area contributed by atoms with Gasteiger partial charge in [0.2, 0.25) is 0 Å². The van der Waals surface area contributed by atoms with Crippen molar-refractivity contribution in [1.82, 2.24) is 0 Å². The minimum atomic E-state index is -0.782. The highest BCUT2D eigenvalue weighted by Crippen LogP contribution is 2.21. The zero-order chi connectivity index (χ0) is 21.8. The average molecular weight is 412 g/mol. The van der Waals surface area contributed by atoms with E-state index in [9.17, 15) is 9.59 Å². The zero-order valence-corrected chi connectivity index (χ0v) is 17.1. The topological polar surface area (TPSA) is 72.1 Å². The number of hydrogen-bond acceptors (Lipinski definition) is 6. The summed E-state index contributed by atoms with van der Waals surface area (Å²) in [6.07, 6.45) is 1.62. The normalized spacial score (nSPS) is 11.0. The molecule has 0 aliphatic rings. The minimum Gasteiger partial charge on any atom is -0.422 e. The second-order valence-corrected chi connectivity index (χ2v) is 7.08. The highest BCUT2D eigenvalue weighted by atomic mass is 16.5. The molecule has 0 atom stereocenters. The molecule has 0 unspecified atom stereocenters. The molecule has 154 valence electrons. The molecule has 0 amide bonds. The van der Waals surface area contributed by atoms with Crippen LogP contribution in [0.25, 0.3) is 11.0 Å². The number of aliphatic imine (C=N–C) groups is 1. The summed E-state index contributed by atoms with van der Waals surface area (Å²) in [5.74, 6) is -0.482. The van der Waals surface area contributed by atoms with Crippen molar-refractivity contribution in [3.63, 3.8) is 0 Å². The van der Waals surface area contributed by atoms with Gasteiger partial charge in [0, 0.05) is 36.9 Å². The third kappa shape index (κ3) is 4.53. The number of hydrogen-bond donors (Lipinski definition) is 0. The maximum Gasteiger partial charge on any atom is 0.351 e. The molecule has 0 saturated heterocycles. The Kier molecular flexibility index (Phi) is 5.62. The van der Waals surface area contributed by atoms with E-state index >= 15 is 0 Å². The van der Waals surface area contributed by atoms with Crippen molar-refractivity contribution in [3.05, 3.63) is 100 Å². The van der Waals surface area contributed by atoms with E-state index in [1.807, 2.05) is 49.3 Å². The van der Waals surface area contributed by atoms with Gasteiger partial charge in [-0.15, -0.1) is 0 Å². The second kappa shape index (κ2) is 8.67. The smallest absolute Gasteiger partial charge is 0.351 e. The molecular weight excluding hydrogens is 392 g/mol. The van der Waals surface area contributed by atoms with Crippen molar-refractivity contribution < 1.29 is 13.9 Å². The van der Waals surface area contributed by atoms with Gasteiger partial charge in [-0.2, -0.15) is 0 Å². The van der Waals surface area contributed by atoms with Gasteiger partial charge in [-0.3, -0.25) is 4.99 Å². The van der Waals surface area contributed by atoms with E-state index in [-0.39, 0.29) is 5.56 Å². The van der Waals surface area contributed by atoms with Crippen LogP contribution in [0, 0.1) is 0 Å². The lowest BCUT2D eigenvalue weighted by atomic mass is 10.2. The number of anilines is 1. The molecule has 0 bridgehead atoms. The van der Waals surface area contributed by atoms with Crippen LogP contribution in [0.2, 0.25) is 0 Å². The van der Waals surface area contributed by atoms with Crippen molar-refractivity contribution in [2.75, 3.05) is 19.0 Å². The summed E-state index contributed by atoms with van der Waals surface area (Å²) in [4.78, 5) is 31.4. The Balaban J connectivity index is 1.58. The van der Waals surface area contributed by atoms with Gasteiger partial charge in [-0.05, 0) is 48.5 Å². The number of rotatable bonds is 5. The Morgan fingerprint density at radius 3 is 2.45 bits per heavy atom. The predicted octanol–water partition coefficient (Wildman–Crippen LogP) is 4.83. The van der Waals surface area contributed by atoms with Crippen molar-refractivity contribution in [1.29, 1.82) is 0 Å². The third-order valence-corrected chi connectivity index (χ3v) is 4.70. The van der Waals surface area contributed by atoms with E-state index in [0.717, 1.165) is 11.4 Å². The van der Waals surface area contributed by atoms with E-state index in [1.165, 1.54) is 6.07 Å². The first-order valence-electron chi connectivity index (χ1n) is 9.67. The first-order valence-corrected chi connectivity index (χ1v) is 9.67. The fraction of sp³-hybridized carbons (Fsp3) is 0.0800.